The zero-order chi connectivity index (χ0) is 17.4. The largest absolute Gasteiger partial charge is 0.465 e. The van der Waals surface area contributed by atoms with E-state index in [1.54, 1.807) is 0 Å². The van der Waals surface area contributed by atoms with Gasteiger partial charge in [0, 0.05) is 11.8 Å². The van der Waals surface area contributed by atoms with Crippen molar-refractivity contribution in [3.63, 3.8) is 0 Å². The monoisotopic (exact) mass is 383 g/mol. The number of nitrogens with zero attached hydrogens (tertiary/aromatic N) is 1. The van der Waals surface area contributed by atoms with E-state index in [4.69, 9.17) is 34.8 Å². The number of alkyl halides is 3. The first-order chi connectivity index (χ1) is 10.7. The van der Waals surface area contributed by atoms with E-state index < -0.39 is 23.4 Å². The Labute approximate surface area is 143 Å². The number of carbonyl (C=O) groups excluding carboxylic acids is 1. The lowest BCUT2D eigenvalue weighted by Gasteiger charge is -2.16. The normalized spacial score (nSPS) is 11.4. The van der Waals surface area contributed by atoms with E-state index in [-0.39, 0.29) is 26.2 Å². The van der Waals surface area contributed by atoms with Crippen molar-refractivity contribution in [2.45, 2.75) is 6.18 Å². The highest BCUT2D eigenvalue weighted by Crippen LogP contribution is 2.41. The van der Waals surface area contributed by atoms with Gasteiger partial charge in [0.25, 0.3) is 0 Å². The Morgan fingerprint density at radius 2 is 1.74 bits per heavy atom. The summed E-state index contributed by atoms with van der Waals surface area (Å²) in [6, 6.07) is 3.47. The first kappa shape index (κ1) is 17.8. The fourth-order valence-corrected chi connectivity index (χ4v) is 2.55. The zero-order valence-electron chi connectivity index (χ0n) is 11.3. The van der Waals surface area contributed by atoms with Crippen molar-refractivity contribution in [1.29, 1.82) is 0 Å². The summed E-state index contributed by atoms with van der Waals surface area (Å²) in [4.78, 5) is 15.1. The number of pyridine rings is 1. The van der Waals surface area contributed by atoms with Gasteiger partial charge in [-0.2, -0.15) is 13.2 Å². The summed E-state index contributed by atoms with van der Waals surface area (Å²) in [6.07, 6.45) is -3.92. The van der Waals surface area contributed by atoms with Gasteiger partial charge in [-0.1, -0.05) is 34.8 Å². The van der Waals surface area contributed by atoms with Crippen LogP contribution in [0, 0.1) is 0 Å². The van der Waals surface area contributed by atoms with Crippen LogP contribution in [0.1, 0.15) is 16.1 Å². The minimum Gasteiger partial charge on any atom is -0.465 e. The lowest BCUT2D eigenvalue weighted by atomic mass is 9.98. The predicted molar refractivity (Wildman–Crippen MR) is 81.0 cm³/mol. The second kappa shape index (κ2) is 6.55. The van der Waals surface area contributed by atoms with Crippen LogP contribution < -0.4 is 0 Å². The molecule has 0 aliphatic carbocycles. The molecular weight excluding hydrogens is 378 g/mol. The molecule has 2 rings (SSSR count). The van der Waals surface area contributed by atoms with E-state index in [0.717, 1.165) is 19.4 Å². The number of hydrogen-bond acceptors (Lipinski definition) is 3. The lowest BCUT2D eigenvalue weighted by Crippen LogP contribution is -2.14. The van der Waals surface area contributed by atoms with Crippen LogP contribution in [0.3, 0.4) is 0 Å². The summed E-state index contributed by atoms with van der Waals surface area (Å²) in [6.45, 7) is 0. The molecule has 23 heavy (non-hydrogen) atoms. The molecule has 0 bridgehead atoms. The fourth-order valence-electron chi connectivity index (χ4n) is 1.95. The van der Waals surface area contributed by atoms with Gasteiger partial charge in [-0.05, 0) is 23.8 Å². The molecule has 2 aromatic rings. The summed E-state index contributed by atoms with van der Waals surface area (Å²) in [7, 11) is 1.06. The minimum atomic E-state index is -4.79. The molecule has 9 heteroatoms. The number of methoxy groups -OCH3 is 1. The molecule has 0 atom stereocenters. The van der Waals surface area contributed by atoms with Crippen LogP contribution in [0.15, 0.2) is 24.4 Å². The minimum absolute atomic E-state index is 0.00542. The molecular formula is C14H7Cl3F3NO2. The number of benzene rings is 1. The number of carbonyl (C=O) groups is 1. The number of halogens is 6. The van der Waals surface area contributed by atoms with Gasteiger partial charge in [0.05, 0.1) is 27.7 Å². The Kier molecular flexibility index (Phi) is 5.08. The first-order valence-corrected chi connectivity index (χ1v) is 7.09. The number of rotatable bonds is 2. The highest BCUT2D eigenvalue weighted by Gasteiger charge is 2.38. The summed E-state index contributed by atoms with van der Waals surface area (Å²) < 4.78 is 44.3. The molecule has 0 saturated heterocycles. The number of aromatic nitrogens is 1. The Morgan fingerprint density at radius 3 is 2.22 bits per heavy atom. The Balaban J connectivity index is 2.85. The van der Waals surface area contributed by atoms with Crippen molar-refractivity contribution in [1.82, 2.24) is 4.98 Å². The third-order valence-corrected chi connectivity index (χ3v) is 4.09. The average Bonchev–Trinajstić information content (AvgIpc) is 2.49. The maximum atomic E-state index is 13.3. The van der Waals surface area contributed by atoms with Crippen LogP contribution in [0.2, 0.25) is 15.1 Å². The first-order valence-electron chi connectivity index (χ1n) is 5.96. The summed E-state index contributed by atoms with van der Waals surface area (Å²) >= 11 is 17.5. The summed E-state index contributed by atoms with van der Waals surface area (Å²) in [5, 5.41) is -0.113. The second-order valence-electron chi connectivity index (χ2n) is 4.33. The molecule has 0 aliphatic heterocycles. The van der Waals surface area contributed by atoms with E-state index in [9.17, 15) is 18.0 Å². The molecule has 0 amide bonds. The SMILES string of the molecule is COC(=O)c1ccnc(C(F)(F)F)c1-c1cc(Cl)c(Cl)c(Cl)c1. The van der Waals surface area contributed by atoms with E-state index in [1.807, 2.05) is 0 Å². The molecule has 0 unspecified atom stereocenters. The van der Waals surface area contributed by atoms with Crippen molar-refractivity contribution in [3.8, 4) is 11.1 Å². The molecule has 0 saturated carbocycles. The van der Waals surface area contributed by atoms with Crippen molar-refractivity contribution in [2.75, 3.05) is 7.11 Å². The topological polar surface area (TPSA) is 39.2 Å². The molecule has 0 fully saturated rings. The van der Waals surface area contributed by atoms with E-state index in [2.05, 4.69) is 9.72 Å². The second-order valence-corrected chi connectivity index (χ2v) is 5.52. The van der Waals surface area contributed by atoms with Gasteiger partial charge in [-0.25, -0.2) is 4.79 Å². The Morgan fingerprint density at radius 1 is 1.17 bits per heavy atom. The third-order valence-electron chi connectivity index (χ3n) is 2.90. The van der Waals surface area contributed by atoms with Crippen LogP contribution in [-0.4, -0.2) is 18.1 Å². The van der Waals surface area contributed by atoms with Crippen LogP contribution >= 0.6 is 34.8 Å². The van der Waals surface area contributed by atoms with Crippen LogP contribution in [0.25, 0.3) is 11.1 Å². The van der Waals surface area contributed by atoms with Gasteiger partial charge < -0.3 is 4.74 Å². The molecule has 3 nitrogen and oxygen atoms in total. The Hall–Kier alpha value is -1.50. The molecule has 0 N–H and O–H groups in total. The lowest BCUT2D eigenvalue weighted by molar-refractivity contribution is -0.140. The highest BCUT2D eigenvalue weighted by molar-refractivity contribution is 6.48. The standard InChI is InChI=1S/C14H7Cl3F3NO2/c1-23-13(22)7-2-3-21-12(14(18,19)20)10(7)6-4-8(15)11(17)9(16)5-6/h2-5H,1H3. The molecule has 0 spiro atoms. The predicted octanol–water partition coefficient (Wildman–Crippen LogP) is 5.51. The van der Waals surface area contributed by atoms with Crippen molar-refractivity contribution in [2.24, 2.45) is 0 Å². The van der Waals surface area contributed by atoms with Gasteiger partial charge in [-0.15, -0.1) is 0 Å². The quantitative estimate of drug-likeness (QED) is 0.506. The maximum absolute atomic E-state index is 13.3. The average molecular weight is 385 g/mol. The summed E-state index contributed by atoms with van der Waals surface area (Å²) in [5.41, 5.74) is -2.10. The molecule has 1 aromatic heterocycles. The zero-order valence-corrected chi connectivity index (χ0v) is 13.6. The fraction of sp³-hybridized carbons (Fsp3) is 0.143. The maximum Gasteiger partial charge on any atom is 0.433 e. The van der Waals surface area contributed by atoms with Gasteiger partial charge >= 0.3 is 12.1 Å². The van der Waals surface area contributed by atoms with Gasteiger partial charge in [-0.3, -0.25) is 4.98 Å². The highest BCUT2D eigenvalue weighted by atomic mass is 35.5. The molecule has 0 aliphatic rings. The van der Waals surface area contributed by atoms with Crippen molar-refractivity contribution < 1.29 is 22.7 Å². The van der Waals surface area contributed by atoms with Gasteiger partial charge in [0.1, 0.15) is 0 Å². The van der Waals surface area contributed by atoms with Gasteiger partial charge in [0.2, 0.25) is 0 Å². The molecule has 1 aromatic carbocycles. The number of hydrogen-bond donors (Lipinski definition) is 0. The molecule has 1 heterocycles. The molecule has 122 valence electrons. The number of esters is 1. The van der Waals surface area contributed by atoms with E-state index >= 15 is 0 Å². The van der Waals surface area contributed by atoms with Crippen LogP contribution in [-0.2, 0) is 10.9 Å². The molecule has 0 radical (unpaired) electrons. The Bertz CT molecular complexity index is 755. The van der Waals surface area contributed by atoms with Crippen LogP contribution in [0.5, 0.6) is 0 Å². The third kappa shape index (κ3) is 3.54. The van der Waals surface area contributed by atoms with Crippen molar-refractivity contribution >= 4 is 40.8 Å². The van der Waals surface area contributed by atoms with E-state index in [1.165, 1.54) is 12.1 Å². The van der Waals surface area contributed by atoms with Crippen molar-refractivity contribution in [3.05, 3.63) is 50.7 Å². The van der Waals surface area contributed by atoms with Crippen LogP contribution in [0.4, 0.5) is 13.2 Å². The number of ether oxygens (including phenoxy) is 1. The summed E-state index contributed by atoms with van der Waals surface area (Å²) in [5.74, 6) is -0.949. The van der Waals surface area contributed by atoms with Gasteiger partial charge in [0.15, 0.2) is 5.69 Å². The smallest absolute Gasteiger partial charge is 0.433 e. The van der Waals surface area contributed by atoms with E-state index in [0.29, 0.717) is 0 Å².